The molecule has 0 spiro atoms. The molecule has 0 aromatic heterocycles. The van der Waals surface area contributed by atoms with E-state index in [9.17, 15) is 4.39 Å². The van der Waals surface area contributed by atoms with Gasteiger partial charge < -0.3 is 10.5 Å². The van der Waals surface area contributed by atoms with E-state index in [0.29, 0.717) is 17.0 Å². The standard InChI is InChI=1S/C17H17ClFNO/c1-21-12-6-5-11-7-8-17(20,14(11)9-12)10-13-15(18)3-2-4-16(13)19/h2-6,9H,7-8,10,20H2,1H3. The Morgan fingerprint density at radius 1 is 1.33 bits per heavy atom. The molecule has 0 radical (unpaired) electrons. The molecular weight excluding hydrogens is 289 g/mol. The second-order valence-electron chi connectivity index (χ2n) is 5.56. The van der Waals surface area contributed by atoms with Gasteiger partial charge in [0.05, 0.1) is 7.11 Å². The van der Waals surface area contributed by atoms with E-state index in [4.69, 9.17) is 22.1 Å². The number of ether oxygens (including phenoxy) is 1. The molecule has 0 fully saturated rings. The van der Waals surface area contributed by atoms with Crippen molar-refractivity contribution in [1.82, 2.24) is 0 Å². The molecule has 1 aliphatic carbocycles. The van der Waals surface area contributed by atoms with E-state index in [1.54, 1.807) is 19.2 Å². The zero-order valence-corrected chi connectivity index (χ0v) is 12.6. The van der Waals surface area contributed by atoms with E-state index in [1.165, 1.54) is 11.6 Å². The summed E-state index contributed by atoms with van der Waals surface area (Å²) in [5, 5.41) is 0.427. The molecule has 0 saturated carbocycles. The van der Waals surface area contributed by atoms with Crippen LogP contribution in [0.5, 0.6) is 5.75 Å². The van der Waals surface area contributed by atoms with Crippen LogP contribution in [-0.2, 0) is 18.4 Å². The molecule has 1 unspecified atom stereocenters. The predicted octanol–water partition coefficient (Wildman–Crippen LogP) is 3.83. The summed E-state index contributed by atoms with van der Waals surface area (Å²) in [7, 11) is 1.63. The van der Waals surface area contributed by atoms with Crippen molar-refractivity contribution in [3.63, 3.8) is 0 Å². The minimum Gasteiger partial charge on any atom is -0.497 e. The van der Waals surface area contributed by atoms with Gasteiger partial charge in [-0.15, -0.1) is 0 Å². The largest absolute Gasteiger partial charge is 0.497 e. The molecule has 1 aliphatic rings. The third-order valence-corrected chi connectivity index (χ3v) is 4.60. The Bertz CT molecular complexity index is 668. The van der Waals surface area contributed by atoms with Gasteiger partial charge in [0.15, 0.2) is 0 Å². The highest BCUT2D eigenvalue weighted by molar-refractivity contribution is 6.31. The predicted molar refractivity (Wildman–Crippen MR) is 82.3 cm³/mol. The zero-order chi connectivity index (χ0) is 15.0. The SMILES string of the molecule is COc1ccc2c(c1)C(N)(Cc1c(F)cccc1Cl)CC2. The lowest BCUT2D eigenvalue weighted by atomic mass is 9.86. The van der Waals surface area contributed by atoms with Gasteiger partial charge in [-0.3, -0.25) is 0 Å². The summed E-state index contributed by atoms with van der Waals surface area (Å²) in [6.07, 6.45) is 2.06. The molecule has 2 nitrogen and oxygen atoms in total. The molecule has 0 amide bonds. The summed E-state index contributed by atoms with van der Waals surface area (Å²) < 4.78 is 19.3. The van der Waals surface area contributed by atoms with E-state index in [0.717, 1.165) is 24.2 Å². The molecule has 2 aromatic carbocycles. The Morgan fingerprint density at radius 2 is 2.14 bits per heavy atom. The molecule has 4 heteroatoms. The molecule has 110 valence electrons. The van der Waals surface area contributed by atoms with Gasteiger partial charge in [-0.25, -0.2) is 4.39 Å². The number of methoxy groups -OCH3 is 1. The highest BCUT2D eigenvalue weighted by atomic mass is 35.5. The van der Waals surface area contributed by atoms with Crippen LogP contribution in [-0.4, -0.2) is 7.11 Å². The van der Waals surface area contributed by atoms with E-state index in [-0.39, 0.29) is 5.82 Å². The van der Waals surface area contributed by atoms with Crippen LogP contribution in [0, 0.1) is 5.82 Å². The summed E-state index contributed by atoms with van der Waals surface area (Å²) in [4.78, 5) is 0. The third-order valence-electron chi connectivity index (χ3n) is 4.25. The number of rotatable bonds is 3. The lowest BCUT2D eigenvalue weighted by Crippen LogP contribution is -2.37. The van der Waals surface area contributed by atoms with Crippen molar-refractivity contribution in [2.75, 3.05) is 7.11 Å². The normalized spacial score (nSPS) is 20.4. The van der Waals surface area contributed by atoms with Crippen LogP contribution in [0.25, 0.3) is 0 Å². The average molecular weight is 306 g/mol. The second-order valence-corrected chi connectivity index (χ2v) is 5.96. The Hall–Kier alpha value is -1.58. The van der Waals surface area contributed by atoms with Crippen LogP contribution in [0.2, 0.25) is 5.02 Å². The lowest BCUT2D eigenvalue weighted by molar-refractivity contribution is 0.406. The van der Waals surface area contributed by atoms with Gasteiger partial charge in [0, 0.05) is 16.1 Å². The quantitative estimate of drug-likeness (QED) is 0.935. The fraction of sp³-hybridized carbons (Fsp3) is 0.294. The monoisotopic (exact) mass is 305 g/mol. The molecule has 0 aliphatic heterocycles. The first kappa shape index (κ1) is 14.4. The van der Waals surface area contributed by atoms with E-state index < -0.39 is 5.54 Å². The second kappa shape index (κ2) is 5.32. The van der Waals surface area contributed by atoms with Gasteiger partial charge in [0.25, 0.3) is 0 Å². The summed E-state index contributed by atoms with van der Waals surface area (Å²) >= 11 is 6.14. The molecule has 21 heavy (non-hydrogen) atoms. The van der Waals surface area contributed by atoms with Crippen LogP contribution in [0.3, 0.4) is 0 Å². The summed E-state index contributed by atoms with van der Waals surface area (Å²) in [6.45, 7) is 0. The maximum absolute atomic E-state index is 14.0. The van der Waals surface area contributed by atoms with Gasteiger partial charge in [-0.05, 0) is 54.7 Å². The number of fused-ring (bicyclic) bond motifs is 1. The van der Waals surface area contributed by atoms with Crippen molar-refractivity contribution in [3.05, 3.63) is 63.9 Å². The Morgan fingerprint density at radius 3 is 2.86 bits per heavy atom. The van der Waals surface area contributed by atoms with Crippen molar-refractivity contribution in [2.24, 2.45) is 5.73 Å². The summed E-state index contributed by atoms with van der Waals surface area (Å²) in [5.74, 6) is 0.466. The first-order chi connectivity index (χ1) is 10.0. The van der Waals surface area contributed by atoms with Crippen molar-refractivity contribution in [1.29, 1.82) is 0 Å². The van der Waals surface area contributed by atoms with Crippen molar-refractivity contribution in [2.45, 2.75) is 24.8 Å². The summed E-state index contributed by atoms with van der Waals surface area (Å²) in [5.41, 5.74) is 8.69. The number of aryl methyl sites for hydroxylation is 1. The van der Waals surface area contributed by atoms with E-state index in [1.807, 2.05) is 18.2 Å². The average Bonchev–Trinajstić information content (AvgIpc) is 2.80. The maximum Gasteiger partial charge on any atom is 0.127 e. The zero-order valence-electron chi connectivity index (χ0n) is 11.8. The number of hydrogen-bond acceptors (Lipinski definition) is 2. The van der Waals surface area contributed by atoms with Crippen molar-refractivity contribution < 1.29 is 9.13 Å². The molecule has 2 N–H and O–H groups in total. The van der Waals surface area contributed by atoms with Crippen LogP contribution >= 0.6 is 11.6 Å². The number of hydrogen-bond donors (Lipinski definition) is 1. The van der Waals surface area contributed by atoms with Gasteiger partial charge >= 0.3 is 0 Å². The lowest BCUT2D eigenvalue weighted by Gasteiger charge is -2.26. The van der Waals surface area contributed by atoms with Crippen molar-refractivity contribution in [3.8, 4) is 5.75 Å². The summed E-state index contributed by atoms with van der Waals surface area (Å²) in [6, 6.07) is 10.6. The topological polar surface area (TPSA) is 35.2 Å². The van der Waals surface area contributed by atoms with E-state index >= 15 is 0 Å². The fourth-order valence-corrected chi connectivity index (χ4v) is 3.29. The van der Waals surface area contributed by atoms with E-state index in [2.05, 4.69) is 0 Å². The molecule has 0 heterocycles. The Kier molecular flexibility index (Phi) is 3.64. The van der Waals surface area contributed by atoms with Crippen molar-refractivity contribution >= 4 is 11.6 Å². The van der Waals surface area contributed by atoms with Crippen LogP contribution in [0.15, 0.2) is 36.4 Å². The molecule has 1 atom stereocenters. The van der Waals surface area contributed by atoms with Gasteiger partial charge in [0.2, 0.25) is 0 Å². The molecular formula is C17H17ClFNO. The molecule has 2 aromatic rings. The molecule has 0 saturated heterocycles. The first-order valence-corrected chi connectivity index (χ1v) is 7.30. The van der Waals surface area contributed by atoms with Crippen LogP contribution in [0.1, 0.15) is 23.1 Å². The highest BCUT2D eigenvalue weighted by Crippen LogP contribution is 2.40. The smallest absolute Gasteiger partial charge is 0.127 e. The number of nitrogens with two attached hydrogens (primary N) is 1. The third kappa shape index (κ3) is 2.52. The maximum atomic E-state index is 14.0. The number of benzene rings is 2. The fourth-order valence-electron chi connectivity index (χ4n) is 3.06. The molecule has 0 bridgehead atoms. The van der Waals surface area contributed by atoms with Gasteiger partial charge in [0.1, 0.15) is 11.6 Å². The minimum atomic E-state index is -0.601. The highest BCUT2D eigenvalue weighted by Gasteiger charge is 2.36. The Labute approximate surface area is 128 Å². The van der Waals surface area contributed by atoms with Crippen LogP contribution < -0.4 is 10.5 Å². The van der Waals surface area contributed by atoms with Gasteiger partial charge in [-0.1, -0.05) is 23.7 Å². The Balaban J connectivity index is 2.01. The molecule has 3 rings (SSSR count). The van der Waals surface area contributed by atoms with Gasteiger partial charge in [-0.2, -0.15) is 0 Å². The van der Waals surface area contributed by atoms with Crippen LogP contribution in [0.4, 0.5) is 4.39 Å². The first-order valence-electron chi connectivity index (χ1n) is 6.93. The minimum absolute atomic E-state index is 0.302. The number of halogens is 2.